The molecule has 2 heterocycles. The van der Waals surface area contributed by atoms with Crippen molar-refractivity contribution in [3.05, 3.63) is 126 Å². The molecule has 0 radical (unpaired) electrons. The summed E-state index contributed by atoms with van der Waals surface area (Å²) in [4.78, 5) is 4.39. The molecule has 0 amide bonds. The van der Waals surface area contributed by atoms with Crippen molar-refractivity contribution in [1.82, 2.24) is 0 Å². The molecule has 0 unspecified atom stereocenters. The normalized spacial score (nSPS) is 15.7. The van der Waals surface area contributed by atoms with E-state index in [-0.39, 0.29) is 11.1 Å². The Morgan fingerprint density at radius 1 is 0.711 bits per heavy atom. The molecule has 1 aliphatic rings. The molecule has 1 aromatic heterocycles. The lowest BCUT2D eigenvalue weighted by atomic mass is 9.60. The lowest BCUT2D eigenvalue weighted by Crippen LogP contribution is -2.57. The van der Waals surface area contributed by atoms with Gasteiger partial charge in [-0.2, -0.15) is 0 Å². The number of anilines is 3. The average Bonchev–Trinajstić information content (AvgIpc) is 3.29. The first-order valence-corrected chi connectivity index (χ1v) is 12.8. The molecular formula is C34H33BN3+. The summed E-state index contributed by atoms with van der Waals surface area (Å²) in [7, 11) is 3.84. The predicted molar refractivity (Wildman–Crippen MR) is 162 cm³/mol. The summed E-state index contributed by atoms with van der Waals surface area (Å²) in [5.74, 6) is 0.580. The van der Waals surface area contributed by atoms with Gasteiger partial charge in [-0.1, -0.05) is 91.0 Å². The Morgan fingerprint density at radius 2 is 1.32 bits per heavy atom. The van der Waals surface area contributed by atoms with Crippen LogP contribution in [0.3, 0.4) is 0 Å². The van der Waals surface area contributed by atoms with Crippen LogP contribution in [0.4, 0.5) is 17.2 Å². The third kappa shape index (κ3) is 3.88. The molecule has 1 aliphatic heterocycles. The molecule has 5 aromatic rings. The number of hydrogen-bond acceptors (Lipinski definition) is 2. The Morgan fingerprint density at radius 3 is 1.92 bits per heavy atom. The SMILES string of the molecule is [2H]C([2H])([2H])c1cc(N2B(c3c(-c4ccccc4)cccc3-c3ccccc3)N(C)c3cccc(C)c32)[n+](C)cc1C([2H])([2H])[2H]. The third-order valence-electron chi connectivity index (χ3n) is 7.48. The van der Waals surface area contributed by atoms with Gasteiger partial charge in [0, 0.05) is 19.8 Å². The van der Waals surface area contributed by atoms with Gasteiger partial charge in [0.2, 0.25) is 0 Å². The van der Waals surface area contributed by atoms with Crippen LogP contribution in [0.2, 0.25) is 0 Å². The molecule has 6 rings (SSSR count). The Kier molecular flexibility index (Phi) is 4.52. The molecule has 0 aliphatic carbocycles. The lowest BCUT2D eigenvalue weighted by molar-refractivity contribution is -0.658. The van der Waals surface area contributed by atoms with Crippen molar-refractivity contribution in [3.8, 4) is 22.3 Å². The summed E-state index contributed by atoms with van der Waals surface area (Å²) in [5.41, 5.74) is 7.89. The summed E-state index contributed by atoms with van der Waals surface area (Å²) in [6.07, 6.45) is 1.46. The van der Waals surface area contributed by atoms with Crippen molar-refractivity contribution in [1.29, 1.82) is 0 Å². The van der Waals surface area contributed by atoms with E-state index in [9.17, 15) is 0 Å². The number of para-hydroxylation sites is 1. The first kappa shape index (κ1) is 18.0. The van der Waals surface area contributed by atoms with Crippen molar-refractivity contribution in [2.24, 2.45) is 7.05 Å². The fourth-order valence-corrected chi connectivity index (χ4v) is 5.69. The van der Waals surface area contributed by atoms with Crippen LogP contribution in [0.5, 0.6) is 0 Å². The monoisotopic (exact) mass is 500 g/mol. The highest BCUT2D eigenvalue weighted by Crippen LogP contribution is 2.44. The summed E-state index contributed by atoms with van der Waals surface area (Å²) in [6, 6.07) is 34.5. The molecule has 4 aromatic carbocycles. The van der Waals surface area contributed by atoms with E-state index >= 15 is 0 Å². The van der Waals surface area contributed by atoms with Crippen LogP contribution in [0.25, 0.3) is 22.3 Å². The molecule has 186 valence electrons. The number of fused-ring (bicyclic) bond motifs is 1. The van der Waals surface area contributed by atoms with Crippen LogP contribution >= 0.6 is 0 Å². The van der Waals surface area contributed by atoms with E-state index in [1.807, 2.05) is 55.5 Å². The Balaban J connectivity index is 1.71. The summed E-state index contributed by atoms with van der Waals surface area (Å²) < 4.78 is 51.0. The summed E-state index contributed by atoms with van der Waals surface area (Å²) in [5, 5.41) is 0. The molecule has 0 spiro atoms. The van der Waals surface area contributed by atoms with Crippen LogP contribution < -0.4 is 19.7 Å². The van der Waals surface area contributed by atoms with Gasteiger partial charge < -0.3 is 4.81 Å². The zero-order valence-corrected chi connectivity index (χ0v) is 21.8. The summed E-state index contributed by atoms with van der Waals surface area (Å²) >= 11 is 0. The molecule has 0 atom stereocenters. The van der Waals surface area contributed by atoms with Crippen molar-refractivity contribution < 1.29 is 12.8 Å². The average molecular weight is 501 g/mol. The minimum absolute atomic E-state index is 0.173. The second-order valence-electron chi connectivity index (χ2n) is 9.87. The predicted octanol–water partition coefficient (Wildman–Crippen LogP) is 6.75. The van der Waals surface area contributed by atoms with Crippen LogP contribution in [0, 0.1) is 20.6 Å². The van der Waals surface area contributed by atoms with Crippen LogP contribution in [0.15, 0.2) is 109 Å². The van der Waals surface area contributed by atoms with Crippen molar-refractivity contribution >= 4 is 29.6 Å². The van der Waals surface area contributed by atoms with Crippen LogP contribution in [0.1, 0.15) is 24.9 Å². The summed E-state index contributed by atoms with van der Waals surface area (Å²) in [6.45, 7) is -3.56. The molecule has 3 nitrogen and oxygen atoms in total. The zero-order chi connectivity index (χ0) is 31.4. The number of pyridine rings is 1. The maximum Gasteiger partial charge on any atom is 0.538 e. The van der Waals surface area contributed by atoms with Crippen LogP contribution in [-0.4, -0.2) is 14.0 Å². The number of hydrogen-bond donors (Lipinski definition) is 0. The third-order valence-corrected chi connectivity index (χ3v) is 7.48. The maximum atomic E-state index is 8.31. The Bertz CT molecular complexity index is 1780. The highest BCUT2D eigenvalue weighted by atomic mass is 15.3. The molecule has 4 heteroatoms. The fourth-order valence-electron chi connectivity index (χ4n) is 5.69. The van der Waals surface area contributed by atoms with Crippen molar-refractivity contribution in [2.75, 3.05) is 16.7 Å². The first-order valence-electron chi connectivity index (χ1n) is 15.8. The van der Waals surface area contributed by atoms with Crippen molar-refractivity contribution in [2.45, 2.75) is 20.6 Å². The van der Waals surface area contributed by atoms with Gasteiger partial charge in [-0.05, 0) is 72.7 Å². The molecule has 0 bridgehead atoms. The van der Waals surface area contributed by atoms with Gasteiger partial charge in [0.1, 0.15) is 5.69 Å². The van der Waals surface area contributed by atoms with E-state index in [0.717, 1.165) is 44.7 Å². The molecule has 0 fully saturated rings. The van der Waals surface area contributed by atoms with Gasteiger partial charge in [-0.3, -0.25) is 4.81 Å². The lowest BCUT2D eigenvalue weighted by Gasteiger charge is -2.26. The molecule has 0 saturated carbocycles. The molecule has 0 N–H and O–H groups in total. The second-order valence-corrected chi connectivity index (χ2v) is 9.87. The Hall–Kier alpha value is -4.31. The largest absolute Gasteiger partial charge is 0.538 e. The van der Waals surface area contributed by atoms with Gasteiger partial charge in [0.05, 0.1) is 18.9 Å². The number of rotatable bonds is 4. The number of nitrogens with zero attached hydrogens (tertiary/aromatic N) is 3. The minimum Gasteiger partial charge on any atom is -0.369 e. The molecule has 38 heavy (non-hydrogen) atoms. The quantitative estimate of drug-likeness (QED) is 0.200. The fraction of sp³-hybridized carbons (Fsp3) is 0.147. The van der Waals surface area contributed by atoms with E-state index in [0.29, 0.717) is 5.82 Å². The number of aromatic nitrogens is 1. The first-order chi connectivity index (χ1) is 20.9. The smallest absolute Gasteiger partial charge is 0.369 e. The van der Waals surface area contributed by atoms with E-state index in [1.54, 1.807) is 17.7 Å². The zero-order valence-electron chi connectivity index (χ0n) is 27.8. The van der Waals surface area contributed by atoms with Gasteiger partial charge in [-0.15, -0.1) is 0 Å². The highest BCUT2D eigenvalue weighted by Gasteiger charge is 2.51. The van der Waals surface area contributed by atoms with E-state index < -0.39 is 20.7 Å². The topological polar surface area (TPSA) is 10.4 Å². The van der Waals surface area contributed by atoms with Gasteiger partial charge >= 0.3 is 6.98 Å². The van der Waals surface area contributed by atoms with E-state index in [1.165, 1.54) is 6.20 Å². The maximum absolute atomic E-state index is 8.31. The highest BCUT2D eigenvalue weighted by molar-refractivity contribution is 6.85. The molecule has 0 saturated heterocycles. The number of aryl methyl sites for hydroxylation is 4. The molecular weight excluding hydrogens is 461 g/mol. The van der Waals surface area contributed by atoms with E-state index in [2.05, 4.69) is 65.2 Å². The Labute approximate surface area is 235 Å². The number of benzene rings is 4. The van der Waals surface area contributed by atoms with Gasteiger partial charge in [-0.25, -0.2) is 4.57 Å². The van der Waals surface area contributed by atoms with Crippen LogP contribution in [-0.2, 0) is 7.05 Å². The van der Waals surface area contributed by atoms with E-state index in [4.69, 9.17) is 8.22 Å². The van der Waals surface area contributed by atoms with Crippen molar-refractivity contribution in [3.63, 3.8) is 0 Å². The van der Waals surface area contributed by atoms with Gasteiger partial charge in [0.25, 0.3) is 5.82 Å². The standard InChI is InChI=1S/C34H33BN3/c1-24-14-12-21-31-34(24)38(32-22-25(2)26(3)23-36(32)4)35(37(31)5)33-29(27-15-8-6-9-16-27)19-13-20-30(33)28-17-10-7-11-18-28/h6-23H,1-5H3/q+1/i2D3,3D3. The minimum atomic E-state index is -2.63. The van der Waals surface area contributed by atoms with Gasteiger partial charge in [0.15, 0.2) is 0 Å². The second kappa shape index (κ2) is 9.53.